The minimum Gasteiger partial charge on any atom is -0.341 e. The van der Waals surface area contributed by atoms with Crippen molar-refractivity contribution in [2.75, 3.05) is 13.6 Å². The molecule has 108 valence electrons. The smallest absolute Gasteiger partial charge is 0.239 e. The Hall–Kier alpha value is -0.570. The van der Waals surface area contributed by atoms with Crippen LogP contribution in [0.5, 0.6) is 0 Å². The maximum atomic E-state index is 12.8. The van der Waals surface area contributed by atoms with Crippen molar-refractivity contribution in [2.24, 2.45) is 11.8 Å². The van der Waals surface area contributed by atoms with Crippen molar-refractivity contribution in [3.05, 3.63) is 0 Å². The van der Waals surface area contributed by atoms with Gasteiger partial charge in [-0.05, 0) is 44.1 Å². The van der Waals surface area contributed by atoms with E-state index in [0.717, 1.165) is 12.5 Å². The normalized spacial score (nSPS) is 35.9. The molecule has 1 heterocycles. The summed E-state index contributed by atoms with van der Waals surface area (Å²) in [5, 5.41) is 3.50. The molecule has 2 aliphatic carbocycles. The number of nitrogens with zero attached hydrogens (tertiary/aromatic N) is 1. The third-order valence-electron chi connectivity index (χ3n) is 5.73. The Morgan fingerprint density at radius 1 is 1.00 bits per heavy atom. The summed E-state index contributed by atoms with van der Waals surface area (Å²) < 4.78 is 0. The average Bonchev–Trinajstić information content (AvgIpc) is 2.92. The number of rotatable bonds is 2. The van der Waals surface area contributed by atoms with Gasteiger partial charge in [-0.15, -0.1) is 0 Å². The zero-order valence-electron chi connectivity index (χ0n) is 12.2. The summed E-state index contributed by atoms with van der Waals surface area (Å²) in [6, 6.07) is 0.623. The van der Waals surface area contributed by atoms with E-state index in [4.69, 9.17) is 0 Å². The van der Waals surface area contributed by atoms with E-state index in [9.17, 15) is 4.79 Å². The van der Waals surface area contributed by atoms with Crippen molar-refractivity contribution in [3.8, 4) is 0 Å². The van der Waals surface area contributed by atoms with Gasteiger partial charge in [0, 0.05) is 13.1 Å². The Morgan fingerprint density at radius 2 is 1.74 bits per heavy atom. The summed E-state index contributed by atoms with van der Waals surface area (Å²) in [5.41, 5.74) is 0. The highest BCUT2D eigenvalue weighted by atomic mass is 16.2. The van der Waals surface area contributed by atoms with Gasteiger partial charge in [-0.1, -0.05) is 32.1 Å². The quantitative estimate of drug-likeness (QED) is 0.777. The van der Waals surface area contributed by atoms with Crippen molar-refractivity contribution in [1.82, 2.24) is 10.2 Å². The monoisotopic (exact) mass is 264 g/mol. The summed E-state index contributed by atoms with van der Waals surface area (Å²) >= 11 is 0. The maximum Gasteiger partial charge on any atom is 0.239 e. The number of nitrogens with one attached hydrogen (secondary N) is 1. The molecule has 3 nitrogen and oxygen atoms in total. The molecule has 0 bridgehead atoms. The Morgan fingerprint density at radius 3 is 2.47 bits per heavy atom. The van der Waals surface area contributed by atoms with Gasteiger partial charge in [-0.25, -0.2) is 0 Å². The van der Waals surface area contributed by atoms with Gasteiger partial charge in [0.2, 0.25) is 5.91 Å². The largest absolute Gasteiger partial charge is 0.341 e. The first-order valence-electron chi connectivity index (χ1n) is 8.27. The van der Waals surface area contributed by atoms with E-state index >= 15 is 0 Å². The molecule has 2 saturated carbocycles. The number of amides is 1. The number of carbonyl (C=O) groups is 1. The average molecular weight is 264 g/mol. The van der Waals surface area contributed by atoms with Gasteiger partial charge in [0.15, 0.2) is 0 Å². The fourth-order valence-corrected chi connectivity index (χ4v) is 4.50. The van der Waals surface area contributed by atoms with Crippen LogP contribution in [0, 0.1) is 11.8 Å². The summed E-state index contributed by atoms with van der Waals surface area (Å²) in [4.78, 5) is 14.8. The number of likely N-dealkylation sites (N-methyl/N-ethyl adjacent to an activating group) is 1. The van der Waals surface area contributed by atoms with Crippen LogP contribution in [0.25, 0.3) is 0 Å². The highest BCUT2D eigenvalue weighted by molar-refractivity contribution is 5.82. The molecule has 3 aliphatic rings. The molecule has 3 heteroatoms. The molecule has 3 rings (SSSR count). The lowest BCUT2D eigenvalue weighted by molar-refractivity contribution is -0.135. The van der Waals surface area contributed by atoms with Crippen LogP contribution in [0.2, 0.25) is 0 Å². The van der Waals surface area contributed by atoms with Gasteiger partial charge in [0.1, 0.15) is 0 Å². The summed E-state index contributed by atoms with van der Waals surface area (Å²) in [6.45, 7) is 1.07. The second kappa shape index (κ2) is 5.82. The number of hydrogen-bond acceptors (Lipinski definition) is 2. The third kappa shape index (κ3) is 2.67. The lowest BCUT2D eigenvalue weighted by Crippen LogP contribution is -2.48. The van der Waals surface area contributed by atoms with Crippen molar-refractivity contribution < 1.29 is 4.79 Å². The van der Waals surface area contributed by atoms with Gasteiger partial charge in [0.05, 0.1) is 6.04 Å². The Bertz CT molecular complexity index is 323. The number of fused-ring (bicyclic) bond motifs is 1. The molecular weight excluding hydrogens is 236 g/mol. The van der Waals surface area contributed by atoms with E-state index in [2.05, 4.69) is 10.2 Å². The van der Waals surface area contributed by atoms with E-state index in [-0.39, 0.29) is 6.04 Å². The van der Waals surface area contributed by atoms with E-state index in [0.29, 0.717) is 17.9 Å². The highest BCUT2D eigenvalue weighted by Crippen LogP contribution is 2.38. The predicted octanol–water partition coefficient (Wildman–Crippen LogP) is 2.56. The lowest BCUT2D eigenvalue weighted by atomic mass is 9.93. The van der Waals surface area contributed by atoms with Crippen LogP contribution in [0.1, 0.15) is 57.8 Å². The molecule has 1 N–H and O–H groups in total. The predicted molar refractivity (Wildman–Crippen MR) is 76.9 cm³/mol. The summed E-state index contributed by atoms with van der Waals surface area (Å²) in [5.74, 6) is 1.78. The van der Waals surface area contributed by atoms with Crippen LogP contribution in [0.15, 0.2) is 0 Å². The SMILES string of the molecule is CN(C(=O)C1NCC2CCCC21)C1CCCCCC1. The molecule has 3 atom stereocenters. The van der Waals surface area contributed by atoms with Crippen molar-refractivity contribution in [3.63, 3.8) is 0 Å². The van der Waals surface area contributed by atoms with Crippen molar-refractivity contribution >= 4 is 5.91 Å². The van der Waals surface area contributed by atoms with Crippen molar-refractivity contribution in [1.29, 1.82) is 0 Å². The van der Waals surface area contributed by atoms with Crippen LogP contribution in [-0.2, 0) is 4.79 Å². The first-order valence-corrected chi connectivity index (χ1v) is 8.27. The van der Waals surface area contributed by atoms with Crippen LogP contribution in [-0.4, -0.2) is 36.5 Å². The van der Waals surface area contributed by atoms with Gasteiger partial charge >= 0.3 is 0 Å². The third-order valence-corrected chi connectivity index (χ3v) is 5.73. The Kier molecular flexibility index (Phi) is 4.11. The maximum absolute atomic E-state index is 12.8. The van der Waals surface area contributed by atoms with Crippen LogP contribution >= 0.6 is 0 Å². The fraction of sp³-hybridized carbons (Fsp3) is 0.938. The molecule has 3 fully saturated rings. The Labute approximate surface area is 117 Å². The molecule has 19 heavy (non-hydrogen) atoms. The molecule has 3 unspecified atom stereocenters. The molecule has 0 aromatic heterocycles. The first kappa shape index (κ1) is 13.4. The number of carbonyl (C=O) groups excluding carboxylic acids is 1. The van der Waals surface area contributed by atoms with Crippen LogP contribution in [0.3, 0.4) is 0 Å². The van der Waals surface area contributed by atoms with E-state index < -0.39 is 0 Å². The van der Waals surface area contributed by atoms with E-state index in [1.807, 2.05) is 7.05 Å². The van der Waals surface area contributed by atoms with E-state index in [1.165, 1.54) is 57.8 Å². The minimum absolute atomic E-state index is 0.126. The molecule has 0 spiro atoms. The van der Waals surface area contributed by atoms with Gasteiger partial charge in [0.25, 0.3) is 0 Å². The van der Waals surface area contributed by atoms with Gasteiger partial charge in [-0.3, -0.25) is 4.79 Å². The summed E-state index contributed by atoms with van der Waals surface area (Å²) in [6.07, 6.45) is 11.6. The standard InChI is InChI=1S/C16H28N2O/c1-18(13-8-4-2-3-5-9-13)16(19)15-14-10-6-7-12(14)11-17-15/h12-15,17H,2-11H2,1H3. The minimum atomic E-state index is 0.126. The lowest BCUT2D eigenvalue weighted by Gasteiger charge is -2.31. The molecular formula is C16H28N2O. The van der Waals surface area contributed by atoms with Gasteiger partial charge < -0.3 is 10.2 Å². The molecule has 0 aromatic rings. The fourth-order valence-electron chi connectivity index (χ4n) is 4.50. The highest BCUT2D eigenvalue weighted by Gasteiger charge is 2.43. The topological polar surface area (TPSA) is 32.3 Å². The van der Waals surface area contributed by atoms with Gasteiger partial charge in [-0.2, -0.15) is 0 Å². The molecule has 1 aliphatic heterocycles. The zero-order chi connectivity index (χ0) is 13.2. The van der Waals surface area contributed by atoms with Crippen molar-refractivity contribution in [2.45, 2.75) is 69.9 Å². The Balaban J connectivity index is 1.62. The zero-order valence-corrected chi connectivity index (χ0v) is 12.2. The molecule has 1 amide bonds. The van der Waals surface area contributed by atoms with E-state index in [1.54, 1.807) is 0 Å². The molecule has 0 aromatic carbocycles. The second-order valence-electron chi connectivity index (χ2n) is 6.84. The molecule has 1 saturated heterocycles. The number of hydrogen-bond donors (Lipinski definition) is 1. The molecule has 0 radical (unpaired) electrons. The summed E-state index contributed by atoms with van der Waals surface area (Å²) in [7, 11) is 2.04. The van der Waals surface area contributed by atoms with Crippen LogP contribution in [0.4, 0.5) is 0 Å². The first-order chi connectivity index (χ1) is 9.27. The van der Waals surface area contributed by atoms with Crippen LogP contribution < -0.4 is 5.32 Å². The second-order valence-corrected chi connectivity index (χ2v) is 6.84.